The molecule has 140 valence electrons. The molecule has 2 aliphatic rings. The quantitative estimate of drug-likeness (QED) is 0.699. The summed E-state index contributed by atoms with van der Waals surface area (Å²) in [5.74, 6) is 2.17. The van der Waals surface area contributed by atoms with Gasteiger partial charge in [-0.2, -0.15) is 0 Å². The molecule has 2 aliphatic heterocycles. The standard InChI is InChI=1S/C21H23N3O3/c1-23-12-16(15-4-2-3-5-18(15)23)21(25)24-9-6-19-17(13-24)22-20(27-19)14-7-10-26-11-8-14/h2-5,12,14H,6-11,13H2,1H3. The van der Waals surface area contributed by atoms with Gasteiger partial charge in [-0.05, 0) is 18.9 Å². The zero-order valence-electron chi connectivity index (χ0n) is 15.5. The highest BCUT2D eigenvalue weighted by molar-refractivity contribution is 6.07. The lowest BCUT2D eigenvalue weighted by Crippen LogP contribution is -2.35. The zero-order chi connectivity index (χ0) is 18.4. The fourth-order valence-electron chi connectivity index (χ4n) is 4.19. The highest BCUT2D eigenvalue weighted by atomic mass is 16.5. The van der Waals surface area contributed by atoms with E-state index in [0.29, 0.717) is 19.0 Å². The van der Waals surface area contributed by atoms with E-state index < -0.39 is 0 Å². The molecule has 1 amide bonds. The molecule has 1 fully saturated rings. The van der Waals surface area contributed by atoms with E-state index in [-0.39, 0.29) is 5.91 Å². The molecular formula is C21H23N3O3. The van der Waals surface area contributed by atoms with Crippen molar-refractivity contribution in [2.24, 2.45) is 7.05 Å². The van der Waals surface area contributed by atoms with Gasteiger partial charge in [0.2, 0.25) is 0 Å². The Labute approximate surface area is 157 Å². The molecule has 6 nitrogen and oxygen atoms in total. The first-order chi connectivity index (χ1) is 13.2. The fourth-order valence-corrected chi connectivity index (χ4v) is 4.19. The zero-order valence-corrected chi connectivity index (χ0v) is 15.5. The van der Waals surface area contributed by atoms with Crippen molar-refractivity contribution in [3.05, 3.63) is 53.4 Å². The summed E-state index contributed by atoms with van der Waals surface area (Å²) < 4.78 is 13.5. The minimum Gasteiger partial charge on any atom is -0.445 e. The van der Waals surface area contributed by atoms with Crippen LogP contribution < -0.4 is 0 Å². The van der Waals surface area contributed by atoms with Gasteiger partial charge >= 0.3 is 0 Å². The van der Waals surface area contributed by atoms with Crippen LogP contribution in [0.1, 0.15) is 46.5 Å². The largest absolute Gasteiger partial charge is 0.445 e. The van der Waals surface area contributed by atoms with Gasteiger partial charge in [0, 0.05) is 56.2 Å². The number of carbonyl (C=O) groups is 1. The Hall–Kier alpha value is -2.60. The molecule has 1 aromatic carbocycles. The van der Waals surface area contributed by atoms with Gasteiger partial charge in [0.1, 0.15) is 11.5 Å². The second-order valence-corrected chi connectivity index (χ2v) is 7.46. The molecule has 1 saturated heterocycles. The number of fused-ring (bicyclic) bond motifs is 2. The van der Waals surface area contributed by atoms with Crippen LogP contribution in [0.15, 0.2) is 34.9 Å². The lowest BCUT2D eigenvalue weighted by Gasteiger charge is -2.25. The summed E-state index contributed by atoms with van der Waals surface area (Å²) in [6, 6.07) is 8.03. The summed E-state index contributed by atoms with van der Waals surface area (Å²) in [5.41, 5.74) is 2.74. The average Bonchev–Trinajstić information content (AvgIpc) is 3.29. The average molecular weight is 365 g/mol. The van der Waals surface area contributed by atoms with Crippen molar-refractivity contribution in [3.63, 3.8) is 0 Å². The molecule has 6 heteroatoms. The summed E-state index contributed by atoms with van der Waals surface area (Å²) in [4.78, 5) is 19.8. The summed E-state index contributed by atoms with van der Waals surface area (Å²) >= 11 is 0. The van der Waals surface area contributed by atoms with Gasteiger partial charge in [-0.1, -0.05) is 18.2 Å². The molecular weight excluding hydrogens is 342 g/mol. The van der Waals surface area contributed by atoms with Gasteiger partial charge in [0.05, 0.1) is 12.1 Å². The van der Waals surface area contributed by atoms with Crippen LogP contribution in [0, 0.1) is 0 Å². The van der Waals surface area contributed by atoms with Crippen LogP contribution in [0.4, 0.5) is 0 Å². The molecule has 0 aliphatic carbocycles. The Morgan fingerprint density at radius 2 is 2.04 bits per heavy atom. The predicted molar refractivity (Wildman–Crippen MR) is 101 cm³/mol. The van der Waals surface area contributed by atoms with E-state index in [1.807, 2.05) is 47.0 Å². The number of carbonyl (C=O) groups excluding carboxylic acids is 1. The molecule has 0 saturated carbocycles. The lowest BCUT2D eigenvalue weighted by atomic mass is 10.0. The highest BCUT2D eigenvalue weighted by Crippen LogP contribution is 2.31. The lowest BCUT2D eigenvalue weighted by molar-refractivity contribution is 0.0727. The number of nitrogens with zero attached hydrogens (tertiary/aromatic N) is 3. The van der Waals surface area contributed by atoms with E-state index in [0.717, 1.165) is 66.3 Å². The normalized spacial score (nSPS) is 18.0. The SMILES string of the molecule is Cn1cc(C(=O)N2CCc3oc(C4CCOCC4)nc3C2)c2ccccc21. The third kappa shape index (κ3) is 2.84. The van der Waals surface area contributed by atoms with Crippen LogP contribution in [-0.4, -0.2) is 40.1 Å². The van der Waals surface area contributed by atoms with Crippen molar-refractivity contribution in [1.82, 2.24) is 14.5 Å². The Morgan fingerprint density at radius 1 is 1.22 bits per heavy atom. The molecule has 0 N–H and O–H groups in total. The Kier molecular flexibility index (Phi) is 4.01. The van der Waals surface area contributed by atoms with E-state index in [1.165, 1.54) is 0 Å². The minimum atomic E-state index is 0.0630. The number of para-hydroxylation sites is 1. The monoisotopic (exact) mass is 365 g/mol. The first kappa shape index (κ1) is 16.6. The number of aromatic nitrogens is 2. The molecule has 0 unspecified atom stereocenters. The first-order valence-corrected chi connectivity index (χ1v) is 9.60. The Balaban J connectivity index is 1.40. The van der Waals surface area contributed by atoms with Crippen LogP contribution in [0.3, 0.4) is 0 Å². The summed E-state index contributed by atoms with van der Waals surface area (Å²) in [6.07, 6.45) is 4.57. The molecule has 27 heavy (non-hydrogen) atoms. The topological polar surface area (TPSA) is 60.5 Å². The van der Waals surface area contributed by atoms with E-state index in [1.54, 1.807) is 0 Å². The maximum atomic E-state index is 13.2. The van der Waals surface area contributed by atoms with Gasteiger partial charge in [0.15, 0.2) is 5.89 Å². The Morgan fingerprint density at radius 3 is 2.89 bits per heavy atom. The maximum absolute atomic E-state index is 13.2. The molecule has 5 rings (SSSR count). The number of benzene rings is 1. The van der Waals surface area contributed by atoms with Crippen molar-refractivity contribution < 1.29 is 13.9 Å². The van der Waals surface area contributed by atoms with E-state index in [4.69, 9.17) is 14.1 Å². The van der Waals surface area contributed by atoms with Gasteiger partial charge < -0.3 is 18.6 Å². The molecule has 0 spiro atoms. The Bertz CT molecular complexity index is 997. The van der Waals surface area contributed by atoms with Crippen LogP contribution in [0.5, 0.6) is 0 Å². The third-order valence-electron chi connectivity index (χ3n) is 5.73. The fraction of sp³-hybridized carbons (Fsp3) is 0.429. The number of amides is 1. The first-order valence-electron chi connectivity index (χ1n) is 9.60. The van der Waals surface area contributed by atoms with Gasteiger partial charge in [-0.15, -0.1) is 0 Å². The number of ether oxygens (including phenoxy) is 1. The van der Waals surface area contributed by atoms with Gasteiger partial charge in [-0.25, -0.2) is 4.98 Å². The maximum Gasteiger partial charge on any atom is 0.256 e. The predicted octanol–water partition coefficient (Wildman–Crippen LogP) is 3.26. The molecule has 0 bridgehead atoms. The molecule has 4 heterocycles. The van der Waals surface area contributed by atoms with Crippen LogP contribution >= 0.6 is 0 Å². The summed E-state index contributed by atoms with van der Waals surface area (Å²) in [5, 5.41) is 0.999. The number of aryl methyl sites for hydroxylation is 1. The van der Waals surface area contributed by atoms with E-state index in [9.17, 15) is 4.79 Å². The molecule has 3 aromatic rings. The van der Waals surface area contributed by atoms with Crippen molar-refractivity contribution in [2.45, 2.75) is 31.7 Å². The third-order valence-corrected chi connectivity index (χ3v) is 5.73. The van der Waals surface area contributed by atoms with E-state index in [2.05, 4.69) is 0 Å². The molecule has 0 radical (unpaired) electrons. The minimum absolute atomic E-state index is 0.0630. The molecule has 0 atom stereocenters. The van der Waals surface area contributed by atoms with Crippen LogP contribution in [0.25, 0.3) is 10.9 Å². The van der Waals surface area contributed by atoms with E-state index >= 15 is 0 Å². The second-order valence-electron chi connectivity index (χ2n) is 7.46. The van der Waals surface area contributed by atoms with Crippen molar-refractivity contribution in [2.75, 3.05) is 19.8 Å². The summed E-state index contributed by atoms with van der Waals surface area (Å²) in [6.45, 7) is 2.72. The smallest absolute Gasteiger partial charge is 0.256 e. The van der Waals surface area contributed by atoms with Gasteiger partial charge in [-0.3, -0.25) is 4.79 Å². The van der Waals surface area contributed by atoms with Crippen LogP contribution in [-0.2, 0) is 24.8 Å². The van der Waals surface area contributed by atoms with Crippen molar-refractivity contribution in [1.29, 1.82) is 0 Å². The van der Waals surface area contributed by atoms with Gasteiger partial charge in [0.25, 0.3) is 5.91 Å². The second kappa shape index (κ2) is 6.53. The number of rotatable bonds is 2. The number of hydrogen-bond acceptors (Lipinski definition) is 4. The number of hydrogen-bond donors (Lipinski definition) is 0. The van der Waals surface area contributed by atoms with Crippen molar-refractivity contribution >= 4 is 16.8 Å². The molecule has 2 aromatic heterocycles. The highest BCUT2D eigenvalue weighted by Gasteiger charge is 2.30. The summed E-state index contributed by atoms with van der Waals surface area (Å²) in [7, 11) is 1.98. The van der Waals surface area contributed by atoms with Crippen LogP contribution in [0.2, 0.25) is 0 Å². The van der Waals surface area contributed by atoms with Crippen molar-refractivity contribution in [3.8, 4) is 0 Å². The number of oxazole rings is 1.